The minimum Gasteiger partial charge on any atom is -0.487 e. The lowest BCUT2D eigenvalue weighted by Gasteiger charge is -2.61. The minimum atomic E-state index is -3.33. The Morgan fingerprint density at radius 1 is 1.00 bits per heavy atom. The SMILES string of the molecule is CS(=O)(=O)c1ccc(COc2c(C(=O)N[C@H](C(=O)O)C34C[C@@H]5C[C@@H](CC(O)(C5)C3)C4)ccc3ccccc23)cc1. The third kappa shape index (κ3) is 4.86. The van der Waals surface area contributed by atoms with Crippen LogP contribution in [0.3, 0.4) is 0 Å². The van der Waals surface area contributed by atoms with E-state index in [4.69, 9.17) is 4.74 Å². The van der Waals surface area contributed by atoms with Crippen LogP contribution >= 0.6 is 0 Å². The van der Waals surface area contributed by atoms with Crippen molar-refractivity contribution in [1.82, 2.24) is 5.32 Å². The molecular weight excluding hydrogens is 530 g/mol. The van der Waals surface area contributed by atoms with Crippen molar-refractivity contribution in [2.75, 3.05) is 6.26 Å². The molecule has 2 unspecified atom stereocenters. The van der Waals surface area contributed by atoms with E-state index in [-0.39, 0.29) is 28.9 Å². The van der Waals surface area contributed by atoms with Gasteiger partial charge in [-0.05, 0) is 79.5 Å². The molecule has 4 aliphatic rings. The molecule has 5 atom stereocenters. The monoisotopic (exact) mass is 563 g/mol. The van der Waals surface area contributed by atoms with Crippen LogP contribution < -0.4 is 10.1 Å². The molecule has 0 aromatic heterocycles. The van der Waals surface area contributed by atoms with Crippen LogP contribution in [-0.2, 0) is 21.2 Å². The molecular formula is C31H33NO7S. The molecule has 3 aromatic carbocycles. The van der Waals surface area contributed by atoms with Gasteiger partial charge in [-0.3, -0.25) is 4.79 Å². The lowest BCUT2D eigenvalue weighted by molar-refractivity contribution is -0.181. The first-order chi connectivity index (χ1) is 18.9. The Hall–Kier alpha value is -3.43. The number of fused-ring (bicyclic) bond motifs is 1. The van der Waals surface area contributed by atoms with Crippen molar-refractivity contribution in [2.45, 2.75) is 61.7 Å². The number of amides is 1. The molecule has 0 saturated heterocycles. The van der Waals surface area contributed by atoms with Crippen LogP contribution in [0.2, 0.25) is 0 Å². The van der Waals surface area contributed by atoms with Crippen molar-refractivity contribution >= 4 is 32.5 Å². The van der Waals surface area contributed by atoms with Crippen LogP contribution in [0.1, 0.15) is 54.4 Å². The summed E-state index contributed by atoms with van der Waals surface area (Å²) >= 11 is 0. The second-order valence-corrected chi connectivity index (χ2v) is 14.2. The summed E-state index contributed by atoms with van der Waals surface area (Å²) in [6, 6.07) is 16.2. The molecule has 0 radical (unpaired) electrons. The standard InChI is InChI=1S/C31H33NO7S/c1-40(37,38)23-9-6-19(7-10-23)17-39-26-24-5-3-2-4-22(24)8-11-25(26)28(33)32-27(29(34)35)30-13-20-12-21(14-30)16-31(36,15-20)18-30/h2-11,20-21,27,36H,12-18H2,1H3,(H,32,33)(H,34,35)/t20-,21+,27-,30?,31?/m1/s1. The molecule has 4 aliphatic carbocycles. The zero-order valence-electron chi connectivity index (χ0n) is 22.3. The predicted octanol–water partition coefficient (Wildman–Crippen LogP) is 4.34. The van der Waals surface area contributed by atoms with Gasteiger partial charge in [-0.1, -0.05) is 42.5 Å². The molecule has 8 nitrogen and oxygen atoms in total. The Kier molecular flexibility index (Phi) is 6.42. The number of carbonyl (C=O) groups excluding carboxylic acids is 1. The van der Waals surface area contributed by atoms with E-state index >= 15 is 0 Å². The topological polar surface area (TPSA) is 130 Å². The maximum atomic E-state index is 13.8. The molecule has 40 heavy (non-hydrogen) atoms. The van der Waals surface area contributed by atoms with Crippen molar-refractivity contribution in [2.24, 2.45) is 17.3 Å². The maximum Gasteiger partial charge on any atom is 0.326 e. The average molecular weight is 564 g/mol. The molecule has 1 amide bonds. The second-order valence-electron chi connectivity index (χ2n) is 12.2. The number of aliphatic hydroxyl groups is 1. The molecule has 4 saturated carbocycles. The van der Waals surface area contributed by atoms with Gasteiger partial charge in [0.05, 0.1) is 16.1 Å². The molecule has 7 rings (SSSR count). The number of carbonyl (C=O) groups is 2. The highest BCUT2D eigenvalue weighted by atomic mass is 32.2. The van der Waals surface area contributed by atoms with Crippen molar-refractivity contribution < 1.29 is 33.0 Å². The third-order valence-electron chi connectivity index (χ3n) is 9.07. The van der Waals surface area contributed by atoms with E-state index in [0.29, 0.717) is 43.2 Å². The van der Waals surface area contributed by atoms with Gasteiger partial charge in [-0.2, -0.15) is 0 Å². The van der Waals surface area contributed by atoms with Crippen LogP contribution in [0.15, 0.2) is 65.6 Å². The zero-order valence-corrected chi connectivity index (χ0v) is 23.1. The quantitative estimate of drug-likeness (QED) is 0.372. The Morgan fingerprint density at radius 3 is 2.30 bits per heavy atom. The van der Waals surface area contributed by atoms with E-state index in [0.717, 1.165) is 23.6 Å². The fraction of sp³-hybridized carbons (Fsp3) is 0.419. The Balaban J connectivity index is 1.30. The van der Waals surface area contributed by atoms with E-state index in [1.807, 2.05) is 24.3 Å². The summed E-state index contributed by atoms with van der Waals surface area (Å²) in [5, 5.41) is 25.9. The second kappa shape index (κ2) is 9.59. The minimum absolute atomic E-state index is 0.0843. The number of rotatable bonds is 8. The summed E-state index contributed by atoms with van der Waals surface area (Å²) in [5.74, 6) is -0.746. The normalized spacial score (nSPS) is 27.9. The maximum absolute atomic E-state index is 13.8. The highest BCUT2D eigenvalue weighted by Gasteiger charge is 2.61. The average Bonchev–Trinajstić information content (AvgIpc) is 2.88. The van der Waals surface area contributed by atoms with Gasteiger partial charge in [0.2, 0.25) is 0 Å². The Bertz CT molecular complexity index is 1580. The van der Waals surface area contributed by atoms with Gasteiger partial charge in [0, 0.05) is 17.1 Å². The van der Waals surface area contributed by atoms with Crippen molar-refractivity contribution in [1.29, 1.82) is 0 Å². The van der Waals surface area contributed by atoms with Crippen LogP contribution in [0.5, 0.6) is 5.75 Å². The third-order valence-corrected chi connectivity index (χ3v) is 10.2. The fourth-order valence-electron chi connectivity index (χ4n) is 7.87. The number of sulfone groups is 1. The molecule has 3 N–H and O–H groups in total. The van der Waals surface area contributed by atoms with Crippen LogP contribution in [0.4, 0.5) is 0 Å². The first kappa shape index (κ1) is 26.8. The molecule has 210 valence electrons. The number of aliphatic carboxylic acids is 1. The van der Waals surface area contributed by atoms with Gasteiger partial charge < -0.3 is 20.3 Å². The molecule has 3 aromatic rings. The van der Waals surface area contributed by atoms with E-state index < -0.39 is 38.8 Å². The van der Waals surface area contributed by atoms with Crippen molar-refractivity contribution in [3.63, 3.8) is 0 Å². The smallest absolute Gasteiger partial charge is 0.326 e. The largest absolute Gasteiger partial charge is 0.487 e. The van der Waals surface area contributed by atoms with Crippen molar-refractivity contribution in [3.8, 4) is 5.75 Å². The van der Waals surface area contributed by atoms with Gasteiger partial charge in [0.15, 0.2) is 9.84 Å². The van der Waals surface area contributed by atoms with Crippen LogP contribution in [0.25, 0.3) is 10.8 Å². The van der Waals surface area contributed by atoms with E-state index in [1.165, 1.54) is 12.1 Å². The van der Waals surface area contributed by atoms with Gasteiger partial charge in [0.25, 0.3) is 5.91 Å². The summed E-state index contributed by atoms with van der Waals surface area (Å²) in [4.78, 5) is 26.6. The summed E-state index contributed by atoms with van der Waals surface area (Å²) in [5.41, 5.74) is -0.593. The van der Waals surface area contributed by atoms with Crippen LogP contribution in [0, 0.1) is 17.3 Å². The summed E-state index contributed by atoms with van der Waals surface area (Å²) < 4.78 is 29.8. The fourth-order valence-corrected chi connectivity index (χ4v) is 8.50. The van der Waals surface area contributed by atoms with Crippen LogP contribution in [-0.4, -0.2) is 48.4 Å². The molecule has 9 heteroatoms. The number of carboxylic acids is 1. The van der Waals surface area contributed by atoms with E-state index in [2.05, 4.69) is 5.32 Å². The first-order valence-corrected chi connectivity index (χ1v) is 15.5. The number of hydrogen-bond acceptors (Lipinski definition) is 6. The number of carboxylic acid groups (broad SMARTS) is 1. The summed E-state index contributed by atoms with van der Waals surface area (Å²) in [7, 11) is -3.33. The van der Waals surface area contributed by atoms with Gasteiger partial charge in [0.1, 0.15) is 18.4 Å². The zero-order chi connectivity index (χ0) is 28.3. The highest BCUT2D eigenvalue weighted by molar-refractivity contribution is 7.90. The highest BCUT2D eigenvalue weighted by Crippen LogP contribution is 2.62. The lowest BCUT2D eigenvalue weighted by Crippen LogP contribution is -2.64. The van der Waals surface area contributed by atoms with Gasteiger partial charge in [-0.15, -0.1) is 0 Å². The van der Waals surface area contributed by atoms with Crippen molar-refractivity contribution in [3.05, 3.63) is 71.8 Å². The molecule has 4 fully saturated rings. The predicted molar refractivity (Wildman–Crippen MR) is 149 cm³/mol. The Morgan fingerprint density at radius 2 is 1.68 bits per heavy atom. The van der Waals surface area contributed by atoms with E-state index in [1.54, 1.807) is 24.3 Å². The Labute approximate surface area is 233 Å². The molecule has 4 bridgehead atoms. The lowest BCUT2D eigenvalue weighted by atomic mass is 9.46. The van der Waals surface area contributed by atoms with Gasteiger partial charge >= 0.3 is 5.97 Å². The number of benzene rings is 3. The van der Waals surface area contributed by atoms with Gasteiger partial charge in [-0.25, -0.2) is 13.2 Å². The molecule has 0 aliphatic heterocycles. The summed E-state index contributed by atoms with van der Waals surface area (Å²) in [6.45, 7) is 0.0843. The number of ether oxygens (including phenoxy) is 1. The molecule has 0 heterocycles. The first-order valence-electron chi connectivity index (χ1n) is 13.6. The number of hydrogen-bond donors (Lipinski definition) is 3. The number of nitrogens with one attached hydrogen (secondary N) is 1. The molecule has 0 spiro atoms. The van der Waals surface area contributed by atoms with E-state index in [9.17, 15) is 28.2 Å². The summed E-state index contributed by atoms with van der Waals surface area (Å²) in [6.07, 6.45) is 5.33.